The molecule has 5 aliphatic rings. The van der Waals surface area contributed by atoms with E-state index in [0.717, 1.165) is 22.7 Å². The second-order valence-corrected chi connectivity index (χ2v) is 10.8. The van der Waals surface area contributed by atoms with E-state index in [-0.39, 0.29) is 28.1 Å². The Morgan fingerprint density at radius 1 is 1.00 bits per heavy atom. The first-order valence-corrected chi connectivity index (χ1v) is 12.8. The summed E-state index contributed by atoms with van der Waals surface area (Å²) in [5.41, 5.74) is 1.94. The van der Waals surface area contributed by atoms with Gasteiger partial charge in [0.1, 0.15) is 5.57 Å². The lowest BCUT2D eigenvalue weighted by Gasteiger charge is -2.57. The lowest BCUT2D eigenvalue weighted by Crippen LogP contribution is -2.54. The van der Waals surface area contributed by atoms with Crippen LogP contribution in [-0.2, 0) is 15.0 Å². The zero-order chi connectivity index (χ0) is 25.0. The number of para-hydroxylation sites is 1. The molecule has 186 valence electrons. The number of benzene rings is 2. The van der Waals surface area contributed by atoms with Gasteiger partial charge in [0.2, 0.25) is 0 Å². The maximum atomic E-state index is 13.3. The van der Waals surface area contributed by atoms with Crippen LogP contribution in [0.15, 0.2) is 48.0 Å². The maximum absolute atomic E-state index is 13.3. The third-order valence-corrected chi connectivity index (χ3v) is 8.51. The van der Waals surface area contributed by atoms with Crippen molar-refractivity contribution in [2.45, 2.75) is 50.9 Å². The number of imide groups is 2. The van der Waals surface area contributed by atoms with E-state index in [0.29, 0.717) is 12.3 Å². The molecule has 5 fully saturated rings. The topological polar surface area (TPSA) is 95.9 Å². The summed E-state index contributed by atoms with van der Waals surface area (Å²) in [4.78, 5) is 39.6. The van der Waals surface area contributed by atoms with Gasteiger partial charge in [-0.3, -0.25) is 14.9 Å². The van der Waals surface area contributed by atoms with Crippen LogP contribution in [0.1, 0.15) is 56.6 Å². The van der Waals surface area contributed by atoms with E-state index >= 15 is 0 Å². The van der Waals surface area contributed by atoms with Crippen molar-refractivity contribution in [3.63, 3.8) is 0 Å². The van der Waals surface area contributed by atoms with Crippen molar-refractivity contribution in [1.29, 1.82) is 0 Å². The molecule has 0 atom stereocenters. The van der Waals surface area contributed by atoms with Gasteiger partial charge in [-0.25, -0.2) is 9.69 Å². The van der Waals surface area contributed by atoms with Crippen molar-refractivity contribution in [2.75, 3.05) is 11.5 Å². The number of phenolic OH excluding ortho intramolecular Hbond substituents is 1. The number of hydrogen-bond acceptors (Lipinski definition) is 5. The number of aromatic hydroxyl groups is 1. The Labute approximate surface area is 210 Å². The first kappa shape index (κ1) is 22.8. The Hall–Kier alpha value is -3.61. The largest absolute Gasteiger partial charge is 0.504 e. The highest BCUT2D eigenvalue weighted by atomic mass is 16.5. The lowest BCUT2D eigenvalue weighted by atomic mass is 9.48. The molecule has 7 nitrogen and oxygen atoms in total. The molecule has 0 aromatic heterocycles. The molecule has 4 aliphatic carbocycles. The number of barbiturate groups is 1. The van der Waals surface area contributed by atoms with Crippen molar-refractivity contribution >= 4 is 29.6 Å². The summed E-state index contributed by atoms with van der Waals surface area (Å²) in [6.07, 6.45) is 9.08. The number of carbonyl (C=O) groups is 3. The molecule has 2 aromatic carbocycles. The third-order valence-electron chi connectivity index (χ3n) is 8.51. The molecule has 36 heavy (non-hydrogen) atoms. The van der Waals surface area contributed by atoms with Gasteiger partial charge in [0, 0.05) is 5.56 Å². The molecule has 4 bridgehead atoms. The Morgan fingerprint density at radius 2 is 1.64 bits per heavy atom. The second kappa shape index (κ2) is 8.50. The molecule has 2 N–H and O–H groups in total. The van der Waals surface area contributed by atoms with Gasteiger partial charge in [-0.15, -0.1) is 0 Å². The SMILES string of the molecule is CCOc1cccc(/C=C2\C(=O)NC(=O)N(c3ccc(C45CC6CC(CC(C6)C4)C5)cc3)C2=O)c1O. The summed E-state index contributed by atoms with van der Waals surface area (Å²) in [6.45, 7) is 2.15. The van der Waals surface area contributed by atoms with Gasteiger partial charge in [0.15, 0.2) is 11.5 Å². The zero-order valence-corrected chi connectivity index (χ0v) is 20.3. The van der Waals surface area contributed by atoms with Crippen LogP contribution < -0.4 is 15.0 Å². The Balaban J connectivity index is 1.29. The minimum Gasteiger partial charge on any atom is -0.504 e. The smallest absolute Gasteiger partial charge is 0.335 e. The van der Waals surface area contributed by atoms with Gasteiger partial charge < -0.3 is 9.84 Å². The van der Waals surface area contributed by atoms with Gasteiger partial charge in [-0.2, -0.15) is 0 Å². The van der Waals surface area contributed by atoms with Crippen LogP contribution in [0.25, 0.3) is 6.08 Å². The highest BCUT2D eigenvalue weighted by Crippen LogP contribution is 2.60. The fraction of sp³-hybridized carbons (Fsp3) is 0.414. The third kappa shape index (κ3) is 3.69. The number of urea groups is 1. The number of ether oxygens (including phenoxy) is 1. The van der Waals surface area contributed by atoms with E-state index in [4.69, 9.17) is 4.74 Å². The molecule has 7 rings (SSSR count). The van der Waals surface area contributed by atoms with Crippen molar-refractivity contribution in [2.24, 2.45) is 17.8 Å². The summed E-state index contributed by atoms with van der Waals surface area (Å²) in [6, 6.07) is 11.8. The Kier molecular flexibility index (Phi) is 5.39. The number of phenols is 1. The predicted molar refractivity (Wildman–Crippen MR) is 135 cm³/mol. The summed E-state index contributed by atoms with van der Waals surface area (Å²) in [5.74, 6) is 1.02. The van der Waals surface area contributed by atoms with Crippen LogP contribution in [0.3, 0.4) is 0 Å². The normalized spacial score (nSPS) is 30.1. The molecule has 1 heterocycles. The molecule has 0 radical (unpaired) electrons. The van der Waals surface area contributed by atoms with Gasteiger partial charge >= 0.3 is 6.03 Å². The van der Waals surface area contributed by atoms with Gasteiger partial charge in [-0.05, 0) is 98.5 Å². The van der Waals surface area contributed by atoms with Gasteiger partial charge in [0.05, 0.1) is 12.3 Å². The van der Waals surface area contributed by atoms with Gasteiger partial charge in [0.25, 0.3) is 11.8 Å². The van der Waals surface area contributed by atoms with Gasteiger partial charge in [-0.1, -0.05) is 24.3 Å². The lowest BCUT2D eigenvalue weighted by molar-refractivity contribution is -0.122. The molecule has 4 saturated carbocycles. The van der Waals surface area contributed by atoms with Crippen LogP contribution in [0.5, 0.6) is 11.5 Å². The number of anilines is 1. The van der Waals surface area contributed by atoms with E-state index in [9.17, 15) is 19.5 Å². The minimum absolute atomic E-state index is 0.171. The first-order chi connectivity index (χ1) is 17.4. The highest BCUT2D eigenvalue weighted by Gasteiger charge is 2.51. The highest BCUT2D eigenvalue weighted by molar-refractivity contribution is 6.39. The number of nitrogens with one attached hydrogen (secondary N) is 1. The van der Waals surface area contributed by atoms with Crippen molar-refractivity contribution in [1.82, 2.24) is 5.32 Å². The van der Waals surface area contributed by atoms with E-state index in [1.807, 2.05) is 12.1 Å². The van der Waals surface area contributed by atoms with E-state index in [2.05, 4.69) is 17.4 Å². The van der Waals surface area contributed by atoms with Crippen LogP contribution >= 0.6 is 0 Å². The van der Waals surface area contributed by atoms with Crippen LogP contribution in [0, 0.1) is 17.8 Å². The van der Waals surface area contributed by atoms with Crippen molar-refractivity contribution in [3.05, 3.63) is 59.2 Å². The monoisotopic (exact) mass is 486 g/mol. The number of hydrogen-bond donors (Lipinski definition) is 2. The molecule has 4 amide bonds. The average Bonchev–Trinajstić information content (AvgIpc) is 2.83. The first-order valence-electron chi connectivity index (χ1n) is 12.8. The fourth-order valence-corrected chi connectivity index (χ4v) is 7.40. The number of nitrogens with zero attached hydrogens (tertiary/aromatic N) is 1. The molecular weight excluding hydrogens is 456 g/mol. The zero-order valence-electron chi connectivity index (χ0n) is 20.3. The molecule has 0 spiro atoms. The van der Waals surface area contributed by atoms with Crippen LogP contribution in [0.2, 0.25) is 0 Å². The summed E-state index contributed by atoms with van der Waals surface area (Å²) < 4.78 is 5.40. The van der Waals surface area contributed by atoms with Crippen molar-refractivity contribution in [3.8, 4) is 11.5 Å². The molecule has 2 aromatic rings. The molecule has 1 saturated heterocycles. The summed E-state index contributed by atoms with van der Waals surface area (Å²) in [5, 5.41) is 12.8. The van der Waals surface area contributed by atoms with Crippen LogP contribution in [-0.4, -0.2) is 29.6 Å². The molecular formula is C29H30N2O5. The fourth-order valence-electron chi connectivity index (χ4n) is 7.40. The second-order valence-electron chi connectivity index (χ2n) is 10.8. The number of amides is 4. The standard InChI is InChI=1S/C29H30N2O5/c1-2-36-24-5-3-4-20(25(24)32)13-23-26(33)30-28(35)31(27(23)34)22-8-6-21(7-9-22)29-14-17-10-18(15-29)12-19(11-17)16-29/h3-9,13,17-19,32H,2,10-12,14-16H2,1H3,(H,30,33,35)/b23-13+. The van der Waals surface area contributed by atoms with E-state index in [1.54, 1.807) is 25.1 Å². The Bertz CT molecular complexity index is 1240. The summed E-state index contributed by atoms with van der Waals surface area (Å²) >= 11 is 0. The molecule has 1 aliphatic heterocycles. The van der Waals surface area contributed by atoms with E-state index < -0.39 is 17.8 Å². The average molecular weight is 487 g/mol. The molecule has 7 heteroatoms. The predicted octanol–water partition coefficient (Wildman–Crippen LogP) is 4.93. The maximum Gasteiger partial charge on any atom is 0.335 e. The quantitative estimate of drug-likeness (QED) is 0.462. The van der Waals surface area contributed by atoms with Crippen molar-refractivity contribution < 1.29 is 24.2 Å². The summed E-state index contributed by atoms with van der Waals surface area (Å²) in [7, 11) is 0. The minimum atomic E-state index is -0.798. The number of carbonyl (C=O) groups excluding carboxylic acids is 3. The molecule has 0 unspecified atom stereocenters. The van der Waals surface area contributed by atoms with E-state index in [1.165, 1.54) is 50.2 Å². The Morgan fingerprint density at radius 3 is 2.25 bits per heavy atom. The van der Waals surface area contributed by atoms with Crippen LogP contribution in [0.4, 0.5) is 10.5 Å². The number of rotatable bonds is 5.